The van der Waals surface area contributed by atoms with Gasteiger partial charge in [-0.1, -0.05) is 13.8 Å². The minimum Gasteiger partial charge on any atom is -0.355 e. The van der Waals surface area contributed by atoms with Crippen LogP contribution in [0.15, 0.2) is 6.33 Å². The van der Waals surface area contributed by atoms with Crippen LogP contribution in [0.25, 0.3) is 5.78 Å². The third-order valence-electron chi connectivity index (χ3n) is 4.24. The zero-order valence-corrected chi connectivity index (χ0v) is 14.5. The molecule has 0 fully saturated rings. The van der Waals surface area contributed by atoms with Crippen LogP contribution < -0.4 is 5.32 Å². The molecule has 2 aromatic rings. The summed E-state index contributed by atoms with van der Waals surface area (Å²) < 4.78 is 1.72. The summed E-state index contributed by atoms with van der Waals surface area (Å²) in [5.74, 6) is 0.682. The van der Waals surface area contributed by atoms with E-state index in [0.717, 1.165) is 36.6 Å². The Labute approximate surface area is 137 Å². The van der Waals surface area contributed by atoms with E-state index in [0.29, 0.717) is 25.2 Å². The maximum atomic E-state index is 12.0. The Kier molecular flexibility index (Phi) is 6.04. The van der Waals surface area contributed by atoms with Gasteiger partial charge in [-0.15, -0.1) is 0 Å². The predicted octanol–water partition coefficient (Wildman–Crippen LogP) is 1.13. The van der Waals surface area contributed by atoms with Crippen molar-refractivity contribution in [3.63, 3.8) is 0 Å². The molecule has 0 spiro atoms. The third kappa shape index (κ3) is 4.25. The number of amides is 1. The Balaban J connectivity index is 1.89. The highest BCUT2D eigenvalue weighted by atomic mass is 16.1. The Bertz CT molecular complexity index is 662. The van der Waals surface area contributed by atoms with Crippen LogP contribution in [-0.2, 0) is 11.2 Å². The number of aryl methyl sites for hydroxylation is 2. The Morgan fingerprint density at radius 1 is 1.30 bits per heavy atom. The van der Waals surface area contributed by atoms with E-state index >= 15 is 0 Å². The molecule has 0 aromatic carbocycles. The number of fused-ring (bicyclic) bond motifs is 1. The lowest BCUT2D eigenvalue weighted by Crippen LogP contribution is -2.34. The summed E-state index contributed by atoms with van der Waals surface area (Å²) in [7, 11) is 0. The Morgan fingerprint density at radius 2 is 2.04 bits per heavy atom. The lowest BCUT2D eigenvalue weighted by atomic mass is 10.1. The van der Waals surface area contributed by atoms with Gasteiger partial charge in [0.2, 0.25) is 5.91 Å². The van der Waals surface area contributed by atoms with E-state index in [-0.39, 0.29) is 5.91 Å². The molecule has 0 bridgehead atoms. The van der Waals surface area contributed by atoms with Gasteiger partial charge in [-0.25, -0.2) is 9.50 Å². The van der Waals surface area contributed by atoms with Crippen LogP contribution in [0.4, 0.5) is 0 Å². The second kappa shape index (κ2) is 8.01. The van der Waals surface area contributed by atoms with Gasteiger partial charge in [0.05, 0.1) is 0 Å². The molecule has 7 nitrogen and oxygen atoms in total. The van der Waals surface area contributed by atoms with E-state index in [4.69, 9.17) is 0 Å². The smallest absolute Gasteiger partial charge is 0.252 e. The van der Waals surface area contributed by atoms with Crippen LogP contribution in [0.1, 0.15) is 37.2 Å². The van der Waals surface area contributed by atoms with E-state index < -0.39 is 0 Å². The summed E-state index contributed by atoms with van der Waals surface area (Å²) in [4.78, 5) is 22.9. The number of rotatable bonds is 8. The van der Waals surface area contributed by atoms with Crippen molar-refractivity contribution in [1.29, 1.82) is 0 Å². The molecule has 0 unspecified atom stereocenters. The fraction of sp³-hybridized carbons (Fsp3) is 0.625. The van der Waals surface area contributed by atoms with Gasteiger partial charge in [0, 0.05) is 30.9 Å². The molecule has 1 N–H and O–H groups in total. The maximum absolute atomic E-state index is 12.0. The minimum atomic E-state index is 0.0784. The monoisotopic (exact) mass is 318 g/mol. The van der Waals surface area contributed by atoms with Crippen LogP contribution in [0.3, 0.4) is 0 Å². The van der Waals surface area contributed by atoms with Crippen molar-refractivity contribution in [3.05, 3.63) is 23.3 Å². The molecule has 0 aliphatic rings. The van der Waals surface area contributed by atoms with Crippen LogP contribution in [0.2, 0.25) is 0 Å². The zero-order valence-electron chi connectivity index (χ0n) is 14.5. The summed E-state index contributed by atoms with van der Waals surface area (Å²) in [6.07, 6.45) is 2.62. The van der Waals surface area contributed by atoms with Gasteiger partial charge < -0.3 is 10.2 Å². The summed E-state index contributed by atoms with van der Waals surface area (Å²) in [6.45, 7) is 11.8. The third-order valence-corrected chi connectivity index (χ3v) is 4.24. The number of nitrogens with zero attached hydrogens (tertiary/aromatic N) is 5. The van der Waals surface area contributed by atoms with E-state index in [9.17, 15) is 4.79 Å². The molecule has 0 radical (unpaired) electrons. The lowest BCUT2D eigenvalue weighted by Gasteiger charge is -2.18. The second-order valence-electron chi connectivity index (χ2n) is 5.61. The van der Waals surface area contributed by atoms with Gasteiger partial charge in [-0.2, -0.15) is 10.1 Å². The molecule has 0 saturated heterocycles. The molecular weight excluding hydrogens is 292 g/mol. The number of hydrogen-bond donors (Lipinski definition) is 1. The highest BCUT2D eigenvalue weighted by Gasteiger charge is 2.12. The topological polar surface area (TPSA) is 75.4 Å². The van der Waals surface area contributed by atoms with E-state index in [1.165, 1.54) is 6.33 Å². The van der Waals surface area contributed by atoms with E-state index in [2.05, 4.69) is 39.1 Å². The average Bonchev–Trinajstić information content (AvgIpc) is 2.99. The molecule has 2 aromatic heterocycles. The molecule has 23 heavy (non-hydrogen) atoms. The van der Waals surface area contributed by atoms with Gasteiger partial charge in [0.1, 0.15) is 6.33 Å². The van der Waals surface area contributed by atoms with E-state index in [1.807, 2.05) is 13.8 Å². The van der Waals surface area contributed by atoms with Gasteiger partial charge in [0.25, 0.3) is 5.78 Å². The Morgan fingerprint density at radius 3 is 2.74 bits per heavy atom. The summed E-state index contributed by atoms with van der Waals surface area (Å²) in [5.41, 5.74) is 2.99. The lowest BCUT2D eigenvalue weighted by molar-refractivity contribution is -0.121. The van der Waals surface area contributed by atoms with Gasteiger partial charge >= 0.3 is 0 Å². The number of likely N-dealkylation sites (N-methyl/N-ethyl adjacent to an activating group) is 1. The molecule has 1 amide bonds. The van der Waals surface area contributed by atoms with Crippen molar-refractivity contribution >= 4 is 11.7 Å². The molecule has 0 atom stereocenters. The summed E-state index contributed by atoms with van der Waals surface area (Å²) >= 11 is 0. The van der Waals surface area contributed by atoms with Crippen molar-refractivity contribution in [1.82, 2.24) is 29.8 Å². The number of aromatic nitrogens is 4. The first kappa shape index (κ1) is 17.3. The molecule has 2 heterocycles. The minimum absolute atomic E-state index is 0.0784. The summed E-state index contributed by atoms with van der Waals surface area (Å²) in [5, 5.41) is 7.16. The van der Waals surface area contributed by atoms with Crippen molar-refractivity contribution in [2.24, 2.45) is 0 Å². The molecule has 0 aliphatic carbocycles. The normalized spacial score (nSPS) is 11.3. The highest BCUT2D eigenvalue weighted by molar-refractivity contribution is 5.76. The molecular formula is C16H26N6O. The van der Waals surface area contributed by atoms with Gasteiger partial charge in [-0.05, 0) is 38.9 Å². The first-order valence-corrected chi connectivity index (χ1v) is 8.21. The first-order chi connectivity index (χ1) is 11.1. The highest BCUT2D eigenvalue weighted by Crippen LogP contribution is 2.14. The van der Waals surface area contributed by atoms with Crippen LogP contribution in [-0.4, -0.2) is 56.6 Å². The largest absolute Gasteiger partial charge is 0.355 e. The van der Waals surface area contributed by atoms with Crippen LogP contribution >= 0.6 is 0 Å². The molecule has 2 rings (SSSR count). The first-order valence-electron chi connectivity index (χ1n) is 8.21. The number of hydrogen-bond acceptors (Lipinski definition) is 5. The average molecular weight is 318 g/mol. The van der Waals surface area contributed by atoms with Gasteiger partial charge in [0.15, 0.2) is 0 Å². The predicted molar refractivity (Wildman–Crippen MR) is 89.4 cm³/mol. The summed E-state index contributed by atoms with van der Waals surface area (Å²) in [6, 6.07) is 0. The zero-order chi connectivity index (χ0) is 16.8. The molecule has 7 heteroatoms. The van der Waals surface area contributed by atoms with Crippen LogP contribution in [0.5, 0.6) is 0 Å². The van der Waals surface area contributed by atoms with E-state index in [1.54, 1.807) is 4.52 Å². The standard InChI is InChI=1S/C16H26N6O/c1-5-21(6-2)10-9-17-15(23)8-7-14-12(3)20-16-18-11-19-22(16)13(14)4/h11H,5-10H2,1-4H3,(H,17,23). The van der Waals surface area contributed by atoms with Crippen molar-refractivity contribution < 1.29 is 4.79 Å². The maximum Gasteiger partial charge on any atom is 0.252 e. The number of nitrogens with one attached hydrogen (secondary N) is 1. The molecule has 0 saturated carbocycles. The SMILES string of the molecule is CCN(CC)CCNC(=O)CCc1c(C)nc2ncnn2c1C. The fourth-order valence-electron chi connectivity index (χ4n) is 2.74. The quantitative estimate of drug-likeness (QED) is 0.790. The number of carbonyl (C=O) groups excluding carboxylic acids is 1. The van der Waals surface area contributed by atoms with Crippen molar-refractivity contribution in [3.8, 4) is 0 Å². The van der Waals surface area contributed by atoms with Crippen molar-refractivity contribution in [2.75, 3.05) is 26.2 Å². The Hall–Kier alpha value is -2.02. The molecule has 0 aliphatic heterocycles. The number of carbonyl (C=O) groups is 1. The fourth-order valence-corrected chi connectivity index (χ4v) is 2.74. The second-order valence-corrected chi connectivity index (χ2v) is 5.61. The van der Waals surface area contributed by atoms with Crippen molar-refractivity contribution in [2.45, 2.75) is 40.5 Å². The molecule has 126 valence electrons. The van der Waals surface area contributed by atoms with Gasteiger partial charge in [-0.3, -0.25) is 4.79 Å². The van der Waals surface area contributed by atoms with Crippen LogP contribution in [0, 0.1) is 13.8 Å².